The molecule has 0 amide bonds. The summed E-state index contributed by atoms with van der Waals surface area (Å²) in [7, 11) is 2.19. The van der Waals surface area contributed by atoms with Gasteiger partial charge in [-0.1, -0.05) is 6.92 Å². The largest absolute Gasteiger partial charge is 0.373 e. The van der Waals surface area contributed by atoms with Crippen LogP contribution in [0.3, 0.4) is 0 Å². The first kappa shape index (κ1) is 12.8. The van der Waals surface area contributed by atoms with Crippen LogP contribution in [0.15, 0.2) is 6.07 Å². The number of ether oxygens (including phenoxy) is 1. The molecule has 2 aliphatic heterocycles. The van der Waals surface area contributed by atoms with E-state index in [1.165, 1.54) is 0 Å². The van der Waals surface area contributed by atoms with Gasteiger partial charge in [-0.2, -0.15) is 0 Å². The number of hydrogen-bond acceptors (Lipinski definition) is 5. The lowest BCUT2D eigenvalue weighted by Gasteiger charge is -2.33. The molecule has 2 fully saturated rings. The standard InChI is InChI=1S/C14H22N4O/c1-4-11-7-14(16-10(2)15-11)18-8-12-13(9-18)19-6-5-17(12)3/h7,12-13H,4-6,8-9H2,1-3H3. The van der Waals surface area contributed by atoms with Crippen LogP contribution >= 0.6 is 0 Å². The van der Waals surface area contributed by atoms with Crippen LogP contribution in [0.4, 0.5) is 5.82 Å². The number of anilines is 1. The van der Waals surface area contributed by atoms with E-state index in [-0.39, 0.29) is 0 Å². The van der Waals surface area contributed by atoms with Gasteiger partial charge in [-0.3, -0.25) is 4.90 Å². The number of morpholine rings is 1. The van der Waals surface area contributed by atoms with Gasteiger partial charge in [0.1, 0.15) is 11.6 Å². The van der Waals surface area contributed by atoms with Crippen molar-refractivity contribution in [2.45, 2.75) is 32.4 Å². The molecular weight excluding hydrogens is 240 g/mol. The molecule has 1 aromatic heterocycles. The van der Waals surface area contributed by atoms with Gasteiger partial charge in [-0.05, 0) is 20.4 Å². The average Bonchev–Trinajstić information content (AvgIpc) is 2.83. The molecular formula is C14H22N4O. The monoisotopic (exact) mass is 262 g/mol. The summed E-state index contributed by atoms with van der Waals surface area (Å²) >= 11 is 0. The summed E-state index contributed by atoms with van der Waals surface area (Å²) < 4.78 is 5.88. The molecule has 5 nitrogen and oxygen atoms in total. The maximum atomic E-state index is 5.88. The summed E-state index contributed by atoms with van der Waals surface area (Å²) in [5.41, 5.74) is 1.12. The highest BCUT2D eigenvalue weighted by Crippen LogP contribution is 2.25. The highest BCUT2D eigenvalue weighted by atomic mass is 16.5. The molecule has 0 N–H and O–H groups in total. The van der Waals surface area contributed by atoms with E-state index in [0.29, 0.717) is 12.1 Å². The highest BCUT2D eigenvalue weighted by Gasteiger charge is 2.39. The van der Waals surface area contributed by atoms with Crippen molar-refractivity contribution in [2.75, 3.05) is 38.2 Å². The predicted octanol–water partition coefficient (Wildman–Crippen LogP) is 0.867. The molecule has 0 aliphatic carbocycles. The van der Waals surface area contributed by atoms with Crippen LogP contribution in [-0.2, 0) is 11.2 Å². The minimum atomic E-state index is 0.319. The van der Waals surface area contributed by atoms with Gasteiger partial charge < -0.3 is 9.64 Å². The number of aromatic nitrogens is 2. The Kier molecular flexibility index (Phi) is 3.41. The molecule has 0 aromatic carbocycles. The van der Waals surface area contributed by atoms with Crippen LogP contribution in [0, 0.1) is 6.92 Å². The molecule has 2 unspecified atom stereocenters. The van der Waals surface area contributed by atoms with E-state index in [1.807, 2.05) is 6.92 Å². The summed E-state index contributed by atoms with van der Waals surface area (Å²) in [4.78, 5) is 13.8. The lowest BCUT2D eigenvalue weighted by atomic mass is 10.1. The summed E-state index contributed by atoms with van der Waals surface area (Å²) in [6, 6.07) is 2.61. The number of hydrogen-bond donors (Lipinski definition) is 0. The summed E-state index contributed by atoms with van der Waals surface area (Å²) in [6.45, 7) is 7.91. The summed E-state index contributed by atoms with van der Waals surface area (Å²) in [5, 5.41) is 0. The summed E-state index contributed by atoms with van der Waals surface area (Å²) in [5.74, 6) is 1.91. The van der Waals surface area contributed by atoms with Crippen molar-refractivity contribution >= 4 is 5.82 Å². The molecule has 1 aromatic rings. The molecule has 3 heterocycles. The minimum absolute atomic E-state index is 0.319. The molecule has 2 aliphatic rings. The number of likely N-dealkylation sites (N-methyl/N-ethyl adjacent to an activating group) is 1. The van der Waals surface area contributed by atoms with E-state index in [0.717, 1.165) is 50.0 Å². The van der Waals surface area contributed by atoms with Crippen molar-refractivity contribution in [3.63, 3.8) is 0 Å². The fourth-order valence-corrected chi connectivity index (χ4v) is 3.00. The van der Waals surface area contributed by atoms with E-state index in [1.54, 1.807) is 0 Å². The molecule has 0 spiro atoms. The van der Waals surface area contributed by atoms with Crippen LogP contribution in [-0.4, -0.2) is 60.3 Å². The van der Waals surface area contributed by atoms with Crippen LogP contribution in [0.1, 0.15) is 18.4 Å². The molecule has 2 atom stereocenters. The first-order valence-corrected chi connectivity index (χ1v) is 7.08. The van der Waals surface area contributed by atoms with Gasteiger partial charge in [0.25, 0.3) is 0 Å². The number of rotatable bonds is 2. The Balaban J connectivity index is 1.82. The Morgan fingerprint density at radius 2 is 2.21 bits per heavy atom. The average molecular weight is 262 g/mol. The van der Waals surface area contributed by atoms with Gasteiger partial charge in [0.2, 0.25) is 0 Å². The molecule has 5 heteroatoms. The van der Waals surface area contributed by atoms with E-state index < -0.39 is 0 Å². The Morgan fingerprint density at radius 3 is 2.95 bits per heavy atom. The number of nitrogens with zero attached hydrogens (tertiary/aromatic N) is 4. The van der Waals surface area contributed by atoms with E-state index in [9.17, 15) is 0 Å². The first-order valence-electron chi connectivity index (χ1n) is 7.08. The van der Waals surface area contributed by atoms with E-state index in [4.69, 9.17) is 4.74 Å². The zero-order valence-electron chi connectivity index (χ0n) is 12.0. The highest BCUT2D eigenvalue weighted by molar-refractivity contribution is 5.42. The molecule has 2 saturated heterocycles. The van der Waals surface area contributed by atoms with Gasteiger partial charge in [0.15, 0.2) is 0 Å². The zero-order valence-corrected chi connectivity index (χ0v) is 12.0. The van der Waals surface area contributed by atoms with Crippen LogP contribution in [0.2, 0.25) is 0 Å². The van der Waals surface area contributed by atoms with Crippen molar-refractivity contribution in [3.8, 4) is 0 Å². The Morgan fingerprint density at radius 1 is 1.37 bits per heavy atom. The number of fused-ring (bicyclic) bond motifs is 1. The Hall–Kier alpha value is -1.20. The van der Waals surface area contributed by atoms with Crippen molar-refractivity contribution in [3.05, 3.63) is 17.6 Å². The van der Waals surface area contributed by atoms with Gasteiger partial charge in [-0.25, -0.2) is 9.97 Å². The third-order valence-electron chi connectivity index (χ3n) is 4.14. The van der Waals surface area contributed by atoms with Crippen molar-refractivity contribution in [2.24, 2.45) is 0 Å². The number of aryl methyl sites for hydroxylation is 2. The first-order chi connectivity index (χ1) is 9.17. The van der Waals surface area contributed by atoms with Gasteiger partial charge in [-0.15, -0.1) is 0 Å². The van der Waals surface area contributed by atoms with Gasteiger partial charge >= 0.3 is 0 Å². The second-order valence-electron chi connectivity index (χ2n) is 5.48. The maximum Gasteiger partial charge on any atom is 0.132 e. The SMILES string of the molecule is CCc1cc(N2CC3OCCN(C)C3C2)nc(C)n1. The maximum absolute atomic E-state index is 5.88. The Labute approximate surface area is 114 Å². The zero-order chi connectivity index (χ0) is 13.4. The van der Waals surface area contributed by atoms with Gasteiger partial charge in [0.05, 0.1) is 18.8 Å². The van der Waals surface area contributed by atoms with Crippen molar-refractivity contribution in [1.29, 1.82) is 0 Å². The molecule has 0 saturated carbocycles. The van der Waals surface area contributed by atoms with Crippen LogP contribution in [0.25, 0.3) is 0 Å². The molecule has 3 rings (SSSR count). The summed E-state index contributed by atoms with van der Waals surface area (Å²) in [6.07, 6.45) is 1.27. The molecule has 104 valence electrons. The minimum Gasteiger partial charge on any atom is -0.373 e. The normalized spacial score (nSPS) is 27.6. The quantitative estimate of drug-likeness (QED) is 0.791. The van der Waals surface area contributed by atoms with E-state index >= 15 is 0 Å². The molecule has 19 heavy (non-hydrogen) atoms. The smallest absolute Gasteiger partial charge is 0.132 e. The van der Waals surface area contributed by atoms with Crippen LogP contribution in [0.5, 0.6) is 0 Å². The third-order valence-corrected chi connectivity index (χ3v) is 4.14. The molecule has 0 radical (unpaired) electrons. The second-order valence-corrected chi connectivity index (χ2v) is 5.48. The second kappa shape index (κ2) is 5.06. The Bertz CT molecular complexity index is 465. The molecule has 0 bridgehead atoms. The topological polar surface area (TPSA) is 41.5 Å². The lowest BCUT2D eigenvalue weighted by molar-refractivity contribution is -0.0362. The predicted molar refractivity (Wildman–Crippen MR) is 74.5 cm³/mol. The fourth-order valence-electron chi connectivity index (χ4n) is 3.00. The van der Waals surface area contributed by atoms with Crippen molar-refractivity contribution < 1.29 is 4.74 Å². The van der Waals surface area contributed by atoms with E-state index in [2.05, 4.69) is 39.8 Å². The van der Waals surface area contributed by atoms with Crippen molar-refractivity contribution in [1.82, 2.24) is 14.9 Å². The fraction of sp³-hybridized carbons (Fsp3) is 0.714. The lowest BCUT2D eigenvalue weighted by Crippen LogP contribution is -2.48. The van der Waals surface area contributed by atoms with Gasteiger partial charge in [0, 0.05) is 31.4 Å². The van der Waals surface area contributed by atoms with Crippen LogP contribution < -0.4 is 4.90 Å². The third kappa shape index (κ3) is 2.44.